The van der Waals surface area contributed by atoms with Crippen molar-refractivity contribution in [2.24, 2.45) is 5.92 Å². The zero-order valence-electron chi connectivity index (χ0n) is 12.6. The highest BCUT2D eigenvalue weighted by atomic mass is 79.9. The summed E-state index contributed by atoms with van der Waals surface area (Å²) >= 11 is 3.69. The molecule has 1 N–H and O–H groups in total. The number of rotatable bonds is 7. The Bertz CT molecular complexity index is 415. The van der Waals surface area contributed by atoms with Gasteiger partial charge in [0.2, 0.25) is 0 Å². The molecule has 1 unspecified atom stereocenters. The van der Waals surface area contributed by atoms with Crippen molar-refractivity contribution in [2.45, 2.75) is 51.5 Å². The molecule has 1 aromatic rings. The molecule has 0 saturated heterocycles. The maximum Gasteiger partial charge on any atom is 0.120 e. The van der Waals surface area contributed by atoms with Crippen molar-refractivity contribution < 1.29 is 4.74 Å². The molecule has 0 aromatic heterocycles. The standard InChI is InChI=1S/C17H26BrNO/c1-3-20-14-9-10-15(16(18)12-14)17(19-2)11-8-13-6-4-5-7-13/h9-10,12-13,17,19H,3-8,11H2,1-2H3. The Hall–Kier alpha value is -0.540. The summed E-state index contributed by atoms with van der Waals surface area (Å²) in [7, 11) is 2.06. The van der Waals surface area contributed by atoms with Crippen LogP contribution < -0.4 is 10.1 Å². The third-order valence-corrected chi connectivity index (χ3v) is 5.03. The lowest BCUT2D eigenvalue weighted by Crippen LogP contribution is -2.17. The van der Waals surface area contributed by atoms with Crippen molar-refractivity contribution in [3.63, 3.8) is 0 Å². The number of halogens is 1. The fraction of sp³-hybridized carbons (Fsp3) is 0.647. The number of benzene rings is 1. The molecule has 0 spiro atoms. The predicted octanol–water partition coefficient (Wildman–Crippen LogP) is 5.08. The summed E-state index contributed by atoms with van der Waals surface area (Å²) < 4.78 is 6.69. The molecule has 0 amide bonds. The maximum atomic E-state index is 5.55. The predicted molar refractivity (Wildman–Crippen MR) is 88.3 cm³/mol. The number of nitrogens with one attached hydrogen (secondary N) is 1. The molecule has 0 heterocycles. The molecule has 1 aromatic carbocycles. The van der Waals surface area contributed by atoms with Gasteiger partial charge in [-0.15, -0.1) is 0 Å². The molecule has 2 rings (SSSR count). The Morgan fingerprint density at radius 2 is 2.10 bits per heavy atom. The van der Waals surface area contributed by atoms with E-state index in [1.165, 1.54) is 44.1 Å². The summed E-state index contributed by atoms with van der Waals surface area (Å²) in [5, 5.41) is 3.46. The van der Waals surface area contributed by atoms with Gasteiger partial charge in [0.1, 0.15) is 5.75 Å². The van der Waals surface area contributed by atoms with Crippen LogP contribution in [0.3, 0.4) is 0 Å². The Morgan fingerprint density at radius 1 is 1.35 bits per heavy atom. The van der Waals surface area contributed by atoms with E-state index in [4.69, 9.17) is 4.74 Å². The second-order valence-corrected chi connectivity index (χ2v) is 6.54. The van der Waals surface area contributed by atoms with Crippen LogP contribution in [0.5, 0.6) is 5.75 Å². The first-order valence-electron chi connectivity index (χ1n) is 7.84. The smallest absolute Gasteiger partial charge is 0.120 e. The van der Waals surface area contributed by atoms with Crippen molar-refractivity contribution in [1.29, 1.82) is 0 Å². The minimum absolute atomic E-state index is 0.431. The van der Waals surface area contributed by atoms with Gasteiger partial charge in [-0.25, -0.2) is 0 Å². The van der Waals surface area contributed by atoms with Gasteiger partial charge < -0.3 is 10.1 Å². The molecule has 112 valence electrons. The van der Waals surface area contributed by atoms with Crippen molar-refractivity contribution in [1.82, 2.24) is 5.32 Å². The molecule has 0 aliphatic heterocycles. The molecule has 1 aliphatic rings. The number of ether oxygens (including phenoxy) is 1. The Labute approximate surface area is 131 Å². The summed E-state index contributed by atoms with van der Waals surface area (Å²) in [6.45, 7) is 2.72. The van der Waals surface area contributed by atoms with Crippen LogP contribution in [0.15, 0.2) is 22.7 Å². The van der Waals surface area contributed by atoms with Crippen molar-refractivity contribution in [2.75, 3.05) is 13.7 Å². The summed E-state index contributed by atoms with van der Waals surface area (Å²) in [6, 6.07) is 6.77. The van der Waals surface area contributed by atoms with Crippen LogP contribution in [0.4, 0.5) is 0 Å². The SMILES string of the molecule is CCOc1ccc(C(CCC2CCCC2)NC)c(Br)c1. The zero-order chi connectivity index (χ0) is 14.4. The molecule has 0 radical (unpaired) electrons. The summed E-state index contributed by atoms with van der Waals surface area (Å²) in [4.78, 5) is 0. The average Bonchev–Trinajstić information content (AvgIpc) is 2.95. The third kappa shape index (κ3) is 4.23. The van der Waals surface area contributed by atoms with E-state index in [-0.39, 0.29) is 0 Å². The van der Waals surface area contributed by atoms with Gasteiger partial charge in [-0.1, -0.05) is 47.7 Å². The highest BCUT2D eigenvalue weighted by Gasteiger charge is 2.19. The van der Waals surface area contributed by atoms with Crippen LogP contribution >= 0.6 is 15.9 Å². The van der Waals surface area contributed by atoms with E-state index >= 15 is 0 Å². The fourth-order valence-electron chi connectivity index (χ4n) is 3.20. The van der Waals surface area contributed by atoms with Gasteiger partial charge in [0.05, 0.1) is 6.61 Å². The molecule has 1 saturated carbocycles. The first-order chi connectivity index (χ1) is 9.74. The Kier molecular flexibility index (Phi) is 6.37. The van der Waals surface area contributed by atoms with Gasteiger partial charge in [0, 0.05) is 10.5 Å². The monoisotopic (exact) mass is 339 g/mol. The van der Waals surface area contributed by atoms with Gasteiger partial charge in [-0.2, -0.15) is 0 Å². The van der Waals surface area contributed by atoms with Gasteiger partial charge in [0.15, 0.2) is 0 Å². The normalized spacial score (nSPS) is 17.4. The number of hydrogen-bond donors (Lipinski definition) is 1. The molecule has 1 fully saturated rings. The van der Waals surface area contributed by atoms with Crippen molar-refractivity contribution in [3.8, 4) is 5.75 Å². The maximum absolute atomic E-state index is 5.55. The topological polar surface area (TPSA) is 21.3 Å². The van der Waals surface area contributed by atoms with Crippen molar-refractivity contribution in [3.05, 3.63) is 28.2 Å². The average molecular weight is 340 g/mol. The molecule has 2 nitrogen and oxygen atoms in total. The molecule has 0 bridgehead atoms. The molecule has 1 aliphatic carbocycles. The summed E-state index contributed by atoms with van der Waals surface area (Å²) in [5.74, 6) is 1.89. The van der Waals surface area contributed by atoms with E-state index < -0.39 is 0 Å². The minimum Gasteiger partial charge on any atom is -0.494 e. The van der Waals surface area contributed by atoms with E-state index in [0.717, 1.165) is 16.1 Å². The highest BCUT2D eigenvalue weighted by Crippen LogP contribution is 2.34. The Morgan fingerprint density at radius 3 is 2.70 bits per heavy atom. The van der Waals surface area contributed by atoms with Crippen LogP contribution in [-0.4, -0.2) is 13.7 Å². The van der Waals surface area contributed by atoms with Gasteiger partial charge in [0.25, 0.3) is 0 Å². The van der Waals surface area contributed by atoms with E-state index in [2.05, 4.69) is 46.5 Å². The van der Waals surface area contributed by atoms with Gasteiger partial charge in [-0.05, 0) is 50.4 Å². The molecule has 20 heavy (non-hydrogen) atoms. The first kappa shape index (κ1) is 15.8. The van der Waals surface area contributed by atoms with E-state index in [9.17, 15) is 0 Å². The molecular formula is C17H26BrNO. The summed E-state index contributed by atoms with van der Waals surface area (Å²) in [6.07, 6.45) is 8.28. The zero-order valence-corrected chi connectivity index (χ0v) is 14.2. The summed E-state index contributed by atoms with van der Waals surface area (Å²) in [5.41, 5.74) is 1.34. The third-order valence-electron chi connectivity index (χ3n) is 4.35. The van der Waals surface area contributed by atoms with Crippen LogP contribution in [-0.2, 0) is 0 Å². The largest absolute Gasteiger partial charge is 0.494 e. The van der Waals surface area contributed by atoms with Crippen LogP contribution in [0.1, 0.15) is 57.1 Å². The van der Waals surface area contributed by atoms with Gasteiger partial charge in [-0.3, -0.25) is 0 Å². The first-order valence-corrected chi connectivity index (χ1v) is 8.63. The van der Waals surface area contributed by atoms with Crippen LogP contribution in [0.2, 0.25) is 0 Å². The Balaban J connectivity index is 1.98. The second-order valence-electron chi connectivity index (χ2n) is 5.69. The van der Waals surface area contributed by atoms with E-state index in [1.807, 2.05) is 6.92 Å². The van der Waals surface area contributed by atoms with Crippen LogP contribution in [0, 0.1) is 5.92 Å². The quantitative estimate of drug-likeness (QED) is 0.747. The highest BCUT2D eigenvalue weighted by molar-refractivity contribution is 9.10. The molecular weight excluding hydrogens is 314 g/mol. The second kappa shape index (κ2) is 8.04. The number of hydrogen-bond acceptors (Lipinski definition) is 2. The lowest BCUT2D eigenvalue weighted by atomic mass is 9.95. The molecule has 3 heteroatoms. The molecule has 1 atom stereocenters. The lowest BCUT2D eigenvalue weighted by molar-refractivity contribution is 0.339. The van der Waals surface area contributed by atoms with Crippen LogP contribution in [0.25, 0.3) is 0 Å². The van der Waals surface area contributed by atoms with E-state index in [1.54, 1.807) is 0 Å². The van der Waals surface area contributed by atoms with Gasteiger partial charge >= 0.3 is 0 Å². The van der Waals surface area contributed by atoms with E-state index in [0.29, 0.717) is 12.6 Å². The minimum atomic E-state index is 0.431. The lowest BCUT2D eigenvalue weighted by Gasteiger charge is -2.20. The fourth-order valence-corrected chi connectivity index (χ4v) is 3.84. The van der Waals surface area contributed by atoms with Crippen molar-refractivity contribution >= 4 is 15.9 Å².